The number of piperazine rings is 1. The summed E-state index contributed by atoms with van der Waals surface area (Å²) in [4.78, 5) is 31.8. The van der Waals surface area contributed by atoms with Crippen LogP contribution in [0.5, 0.6) is 5.75 Å². The molecular formula is C23H26FN3O3. The van der Waals surface area contributed by atoms with Gasteiger partial charge in [-0.25, -0.2) is 4.39 Å². The summed E-state index contributed by atoms with van der Waals surface area (Å²) >= 11 is 0. The fourth-order valence-electron chi connectivity index (χ4n) is 4.06. The molecule has 6 nitrogen and oxygen atoms in total. The third-order valence-electron chi connectivity index (χ3n) is 5.89. The summed E-state index contributed by atoms with van der Waals surface area (Å²) in [7, 11) is 1.68. The number of rotatable bonds is 3. The van der Waals surface area contributed by atoms with Crippen molar-refractivity contribution < 1.29 is 18.7 Å². The number of likely N-dealkylation sites (N-methyl/N-ethyl adjacent to an activating group) is 1. The zero-order chi connectivity index (χ0) is 21.5. The van der Waals surface area contributed by atoms with E-state index in [1.54, 1.807) is 37.1 Å². The first-order valence-corrected chi connectivity index (χ1v) is 10.1. The van der Waals surface area contributed by atoms with E-state index in [-0.39, 0.29) is 17.6 Å². The predicted octanol–water partition coefficient (Wildman–Crippen LogP) is 2.59. The Labute approximate surface area is 175 Å². The molecule has 0 bridgehead atoms. The smallest absolute Gasteiger partial charge is 0.280 e. The van der Waals surface area contributed by atoms with Crippen LogP contribution >= 0.6 is 0 Å². The van der Waals surface area contributed by atoms with Crippen LogP contribution in [0.1, 0.15) is 18.1 Å². The maximum absolute atomic E-state index is 13.3. The molecule has 0 spiro atoms. The number of hydrogen-bond acceptors (Lipinski definition) is 4. The van der Waals surface area contributed by atoms with E-state index in [9.17, 15) is 14.0 Å². The summed E-state index contributed by atoms with van der Waals surface area (Å²) in [5, 5.41) is 0. The quantitative estimate of drug-likeness (QED) is 0.729. The van der Waals surface area contributed by atoms with E-state index in [1.807, 2.05) is 19.1 Å². The van der Waals surface area contributed by atoms with Gasteiger partial charge in [-0.3, -0.25) is 14.5 Å². The highest BCUT2D eigenvalue weighted by Gasteiger charge is 2.51. The molecule has 1 saturated heterocycles. The molecule has 0 aromatic heterocycles. The fourth-order valence-corrected chi connectivity index (χ4v) is 4.06. The zero-order valence-corrected chi connectivity index (χ0v) is 17.5. The van der Waals surface area contributed by atoms with Crippen molar-refractivity contribution in [2.45, 2.75) is 26.0 Å². The molecule has 2 amide bonds. The van der Waals surface area contributed by atoms with E-state index < -0.39 is 5.60 Å². The number of carbonyl (C=O) groups excluding carboxylic acids is 2. The van der Waals surface area contributed by atoms with Crippen LogP contribution in [0.4, 0.5) is 10.1 Å². The lowest BCUT2D eigenvalue weighted by molar-refractivity contribution is -0.157. The standard InChI is InChI=1S/C23H26FN3O3/c1-16-4-9-20-19(14-16)25(3)21(28)23(2,30-20)22(29)27-12-10-26(11-13-27)15-17-5-7-18(24)8-6-17/h4-9,14H,10-13,15H2,1-3H3. The molecule has 2 aliphatic heterocycles. The molecule has 7 heteroatoms. The van der Waals surface area contributed by atoms with E-state index in [0.29, 0.717) is 44.2 Å². The zero-order valence-electron chi connectivity index (χ0n) is 17.5. The molecule has 4 rings (SSSR count). The number of hydrogen-bond donors (Lipinski definition) is 0. The summed E-state index contributed by atoms with van der Waals surface area (Å²) in [5.74, 6) is -0.388. The first-order valence-electron chi connectivity index (χ1n) is 10.1. The van der Waals surface area contributed by atoms with Gasteiger partial charge in [0.15, 0.2) is 0 Å². The van der Waals surface area contributed by atoms with Crippen molar-refractivity contribution in [3.8, 4) is 5.75 Å². The van der Waals surface area contributed by atoms with Gasteiger partial charge in [0.1, 0.15) is 11.6 Å². The van der Waals surface area contributed by atoms with Gasteiger partial charge in [0.25, 0.3) is 17.4 Å². The van der Waals surface area contributed by atoms with Crippen molar-refractivity contribution in [1.82, 2.24) is 9.80 Å². The molecule has 2 aliphatic rings. The van der Waals surface area contributed by atoms with Gasteiger partial charge in [0, 0.05) is 39.8 Å². The van der Waals surface area contributed by atoms with E-state index >= 15 is 0 Å². The van der Waals surface area contributed by atoms with Crippen molar-refractivity contribution in [2.24, 2.45) is 0 Å². The van der Waals surface area contributed by atoms with Gasteiger partial charge in [0.2, 0.25) is 0 Å². The summed E-state index contributed by atoms with van der Waals surface area (Å²) < 4.78 is 19.1. The normalized spacial score (nSPS) is 21.9. The summed E-state index contributed by atoms with van der Waals surface area (Å²) in [6.45, 7) is 6.58. The minimum atomic E-state index is -1.57. The Hall–Kier alpha value is -2.93. The van der Waals surface area contributed by atoms with Gasteiger partial charge in [0.05, 0.1) is 5.69 Å². The van der Waals surface area contributed by atoms with E-state index in [0.717, 1.165) is 11.1 Å². The van der Waals surface area contributed by atoms with Gasteiger partial charge >= 0.3 is 0 Å². The molecule has 0 radical (unpaired) electrons. The molecular weight excluding hydrogens is 385 g/mol. The maximum atomic E-state index is 13.3. The van der Waals surface area contributed by atoms with Crippen molar-refractivity contribution >= 4 is 17.5 Å². The van der Waals surface area contributed by atoms with E-state index in [4.69, 9.17) is 4.74 Å². The number of aryl methyl sites for hydroxylation is 1. The van der Waals surface area contributed by atoms with Crippen molar-refractivity contribution in [3.05, 3.63) is 59.4 Å². The average Bonchev–Trinajstić information content (AvgIpc) is 2.74. The van der Waals surface area contributed by atoms with Crippen LogP contribution in [0, 0.1) is 12.7 Å². The lowest BCUT2D eigenvalue weighted by Gasteiger charge is -2.42. The minimum Gasteiger partial charge on any atom is -0.465 e. The molecule has 2 aromatic rings. The Morgan fingerprint density at radius 2 is 1.77 bits per heavy atom. The molecule has 0 saturated carbocycles. The second-order valence-corrected chi connectivity index (χ2v) is 8.17. The number of fused-ring (bicyclic) bond motifs is 1. The number of carbonyl (C=O) groups is 2. The Kier molecular flexibility index (Phi) is 5.24. The molecule has 2 heterocycles. The highest BCUT2D eigenvalue weighted by molar-refractivity contribution is 6.16. The van der Waals surface area contributed by atoms with Crippen LogP contribution in [0.2, 0.25) is 0 Å². The largest absolute Gasteiger partial charge is 0.465 e. The third kappa shape index (κ3) is 3.65. The Morgan fingerprint density at radius 3 is 2.43 bits per heavy atom. The number of halogens is 1. The lowest BCUT2D eigenvalue weighted by Crippen LogP contribution is -2.64. The van der Waals surface area contributed by atoms with Crippen LogP contribution in [0.25, 0.3) is 0 Å². The van der Waals surface area contributed by atoms with E-state index in [2.05, 4.69) is 4.90 Å². The van der Waals surface area contributed by atoms with Crippen molar-refractivity contribution in [1.29, 1.82) is 0 Å². The molecule has 30 heavy (non-hydrogen) atoms. The third-order valence-corrected chi connectivity index (χ3v) is 5.89. The lowest BCUT2D eigenvalue weighted by atomic mass is 9.98. The van der Waals surface area contributed by atoms with Crippen LogP contribution in [-0.2, 0) is 16.1 Å². The van der Waals surface area contributed by atoms with Gasteiger partial charge in [-0.1, -0.05) is 18.2 Å². The van der Waals surface area contributed by atoms with Gasteiger partial charge in [-0.05, 0) is 49.2 Å². The number of nitrogens with zero attached hydrogens (tertiary/aromatic N) is 3. The first-order chi connectivity index (χ1) is 14.3. The molecule has 0 N–H and O–H groups in total. The number of amides is 2. The predicted molar refractivity (Wildman–Crippen MR) is 112 cm³/mol. The number of benzene rings is 2. The van der Waals surface area contributed by atoms with Gasteiger partial charge in [-0.15, -0.1) is 0 Å². The first kappa shape index (κ1) is 20.3. The second-order valence-electron chi connectivity index (χ2n) is 8.17. The average molecular weight is 411 g/mol. The Bertz CT molecular complexity index is 970. The SMILES string of the molecule is Cc1ccc2c(c1)N(C)C(=O)C(C)(C(=O)N1CCN(Cc3ccc(F)cc3)CC1)O2. The van der Waals surface area contributed by atoms with Crippen LogP contribution in [-0.4, -0.2) is 60.4 Å². The molecule has 1 unspecified atom stereocenters. The monoisotopic (exact) mass is 411 g/mol. The Balaban J connectivity index is 1.44. The molecule has 1 atom stereocenters. The Morgan fingerprint density at radius 1 is 1.10 bits per heavy atom. The van der Waals surface area contributed by atoms with Gasteiger partial charge < -0.3 is 14.5 Å². The summed E-state index contributed by atoms with van der Waals surface area (Å²) in [6, 6.07) is 12.1. The molecule has 2 aromatic carbocycles. The highest BCUT2D eigenvalue weighted by atomic mass is 19.1. The fraction of sp³-hybridized carbons (Fsp3) is 0.391. The molecule has 158 valence electrons. The number of ether oxygens (including phenoxy) is 1. The maximum Gasteiger partial charge on any atom is 0.280 e. The molecule has 1 fully saturated rings. The van der Waals surface area contributed by atoms with Crippen LogP contribution in [0.3, 0.4) is 0 Å². The van der Waals surface area contributed by atoms with Crippen molar-refractivity contribution in [2.75, 3.05) is 38.1 Å². The summed E-state index contributed by atoms with van der Waals surface area (Å²) in [5.41, 5.74) is 1.15. The van der Waals surface area contributed by atoms with E-state index in [1.165, 1.54) is 17.0 Å². The topological polar surface area (TPSA) is 53.1 Å². The van der Waals surface area contributed by atoms with Crippen LogP contribution in [0.15, 0.2) is 42.5 Å². The minimum absolute atomic E-state index is 0.249. The van der Waals surface area contributed by atoms with Crippen molar-refractivity contribution in [3.63, 3.8) is 0 Å². The highest BCUT2D eigenvalue weighted by Crippen LogP contribution is 2.38. The summed E-state index contributed by atoms with van der Waals surface area (Å²) in [6.07, 6.45) is 0. The van der Waals surface area contributed by atoms with Crippen LogP contribution < -0.4 is 9.64 Å². The number of anilines is 1. The van der Waals surface area contributed by atoms with Gasteiger partial charge in [-0.2, -0.15) is 0 Å². The molecule has 0 aliphatic carbocycles. The second kappa shape index (κ2) is 7.72.